The molecule has 1 saturated heterocycles. The molecule has 0 spiro atoms. The molecule has 0 aliphatic carbocycles. The molecule has 0 radical (unpaired) electrons. The minimum Gasteiger partial charge on any atom is -0.351 e. The van der Waals surface area contributed by atoms with E-state index in [2.05, 4.69) is 45.2 Å². The predicted octanol–water partition coefficient (Wildman–Crippen LogP) is 5.86. The minimum absolute atomic E-state index is 0.181. The zero-order valence-electron chi connectivity index (χ0n) is 20.4. The largest absolute Gasteiger partial charge is 0.351 e. The van der Waals surface area contributed by atoms with E-state index >= 15 is 0 Å². The number of carbonyl (C=O) groups is 1. The van der Waals surface area contributed by atoms with Gasteiger partial charge < -0.3 is 4.90 Å². The van der Waals surface area contributed by atoms with Crippen molar-refractivity contribution >= 4 is 28.9 Å². The number of aromatic nitrogens is 3. The van der Waals surface area contributed by atoms with E-state index in [0.717, 1.165) is 60.0 Å². The summed E-state index contributed by atoms with van der Waals surface area (Å²) in [5.74, 6) is 0.489. The van der Waals surface area contributed by atoms with Crippen LogP contribution in [0.3, 0.4) is 0 Å². The van der Waals surface area contributed by atoms with E-state index in [1.54, 1.807) is 12.4 Å². The second kappa shape index (κ2) is 10.6. The van der Waals surface area contributed by atoms with E-state index in [0.29, 0.717) is 10.8 Å². The highest BCUT2D eigenvalue weighted by Gasteiger charge is 2.29. The molecule has 0 saturated carbocycles. The summed E-state index contributed by atoms with van der Waals surface area (Å²) in [6.07, 6.45) is 10.7. The first-order valence-corrected chi connectivity index (χ1v) is 13.4. The van der Waals surface area contributed by atoms with E-state index < -0.39 is 0 Å². The molecule has 2 aromatic heterocycles. The van der Waals surface area contributed by atoms with Crippen molar-refractivity contribution in [2.45, 2.75) is 19.3 Å². The lowest BCUT2D eigenvalue weighted by Gasteiger charge is -2.32. The first-order chi connectivity index (χ1) is 18.2. The molecular formula is C30H27N5OS. The molecule has 2 aliphatic heterocycles. The number of likely N-dealkylation sites (tertiary alicyclic amines) is 1. The van der Waals surface area contributed by atoms with Crippen LogP contribution in [0.15, 0.2) is 101 Å². The molecule has 1 amide bonds. The van der Waals surface area contributed by atoms with Gasteiger partial charge >= 0.3 is 0 Å². The van der Waals surface area contributed by atoms with Crippen molar-refractivity contribution in [2.75, 3.05) is 13.1 Å². The number of amides is 1. The van der Waals surface area contributed by atoms with Gasteiger partial charge in [0.2, 0.25) is 0 Å². The predicted molar refractivity (Wildman–Crippen MR) is 149 cm³/mol. The Morgan fingerprint density at radius 1 is 0.919 bits per heavy atom. The maximum absolute atomic E-state index is 12.9. The molecule has 6 rings (SSSR count). The zero-order valence-corrected chi connectivity index (χ0v) is 21.2. The summed E-state index contributed by atoms with van der Waals surface area (Å²) < 4.78 is 1.85. The summed E-state index contributed by atoms with van der Waals surface area (Å²) in [6, 6.07) is 24.5. The highest BCUT2D eigenvalue weighted by molar-refractivity contribution is 8.18. The van der Waals surface area contributed by atoms with E-state index in [4.69, 9.17) is 5.10 Å². The summed E-state index contributed by atoms with van der Waals surface area (Å²) >= 11 is 1.47. The van der Waals surface area contributed by atoms with Crippen molar-refractivity contribution < 1.29 is 4.79 Å². The Morgan fingerprint density at radius 3 is 2.35 bits per heavy atom. The zero-order chi connectivity index (χ0) is 25.0. The average Bonchev–Trinajstić information content (AvgIpc) is 3.54. The fraction of sp³-hybridized carbons (Fsp3) is 0.200. The lowest BCUT2D eigenvalue weighted by atomic mass is 9.90. The normalized spacial score (nSPS) is 17.4. The van der Waals surface area contributed by atoms with Crippen LogP contribution >= 0.6 is 11.8 Å². The van der Waals surface area contributed by atoms with Gasteiger partial charge in [-0.1, -0.05) is 48.5 Å². The first-order valence-electron chi connectivity index (χ1n) is 12.6. The maximum atomic E-state index is 12.9. The molecule has 184 valence electrons. The van der Waals surface area contributed by atoms with Crippen LogP contribution in [0.25, 0.3) is 23.0 Å². The number of para-hydroxylation sites is 1. The summed E-state index contributed by atoms with van der Waals surface area (Å²) in [4.78, 5) is 24.4. The highest BCUT2D eigenvalue weighted by atomic mass is 32.2. The number of carbonyl (C=O) groups excluding carboxylic acids is 1. The van der Waals surface area contributed by atoms with Gasteiger partial charge in [0.05, 0.1) is 10.6 Å². The third-order valence-electron chi connectivity index (χ3n) is 6.87. The SMILES string of the molecule is O=C1N=C(N2CCC(Cc3ccccc3)CC2)S/C1=C\c1cn(-c2ccccc2)nc1-c1ccncc1. The molecule has 7 heteroatoms. The number of hydrogen-bond acceptors (Lipinski definition) is 5. The summed E-state index contributed by atoms with van der Waals surface area (Å²) in [6.45, 7) is 1.86. The van der Waals surface area contributed by atoms with Crippen LogP contribution in [-0.2, 0) is 11.2 Å². The Hall–Kier alpha value is -3.97. The van der Waals surface area contributed by atoms with Crippen LogP contribution in [0.5, 0.6) is 0 Å². The fourth-order valence-corrected chi connectivity index (χ4v) is 5.85. The topological polar surface area (TPSA) is 63.4 Å². The number of amidine groups is 1. The van der Waals surface area contributed by atoms with Crippen LogP contribution in [-0.4, -0.2) is 43.8 Å². The van der Waals surface area contributed by atoms with Crippen LogP contribution in [0.2, 0.25) is 0 Å². The number of thioether (sulfide) groups is 1. The number of aliphatic imine (C=N–C) groups is 1. The summed E-state index contributed by atoms with van der Waals surface area (Å²) in [5.41, 5.74) is 5.00. The standard InChI is InChI=1S/C30H27N5OS/c36-29-27(37-30(32-29)34-17-13-23(14-18-34)19-22-7-3-1-4-8-22)20-25-21-35(26-9-5-2-6-10-26)33-28(25)24-11-15-31-16-12-24/h1-12,15-16,20-21,23H,13-14,17-19H2/b27-20-. The van der Waals surface area contributed by atoms with Gasteiger partial charge in [0.15, 0.2) is 5.17 Å². The molecule has 0 bridgehead atoms. The van der Waals surface area contributed by atoms with Crippen molar-refractivity contribution in [3.8, 4) is 16.9 Å². The van der Waals surface area contributed by atoms with Gasteiger partial charge in [-0.2, -0.15) is 10.1 Å². The fourth-order valence-electron chi connectivity index (χ4n) is 4.89. The molecule has 2 aromatic carbocycles. The number of hydrogen-bond donors (Lipinski definition) is 0. The number of pyridine rings is 1. The third kappa shape index (κ3) is 5.27. The first kappa shape index (κ1) is 23.4. The summed E-state index contributed by atoms with van der Waals surface area (Å²) in [5, 5.41) is 5.66. The van der Waals surface area contributed by atoms with E-state index in [1.807, 2.05) is 59.4 Å². The Morgan fingerprint density at radius 2 is 1.62 bits per heavy atom. The van der Waals surface area contributed by atoms with Gasteiger partial charge in [-0.05, 0) is 72.8 Å². The van der Waals surface area contributed by atoms with Crippen LogP contribution in [0.4, 0.5) is 0 Å². The van der Waals surface area contributed by atoms with Gasteiger partial charge in [0.25, 0.3) is 5.91 Å². The number of nitrogens with zero attached hydrogens (tertiary/aromatic N) is 5. The molecule has 4 aromatic rings. The smallest absolute Gasteiger partial charge is 0.286 e. The van der Waals surface area contributed by atoms with Crippen LogP contribution < -0.4 is 0 Å². The number of benzene rings is 2. The van der Waals surface area contributed by atoms with E-state index in [9.17, 15) is 4.79 Å². The van der Waals surface area contributed by atoms with Crippen LogP contribution in [0.1, 0.15) is 24.0 Å². The Balaban J connectivity index is 1.19. The van der Waals surface area contributed by atoms with Crippen molar-refractivity contribution in [2.24, 2.45) is 10.9 Å². The summed E-state index contributed by atoms with van der Waals surface area (Å²) in [7, 11) is 0. The average molecular weight is 506 g/mol. The lowest BCUT2D eigenvalue weighted by Crippen LogP contribution is -2.37. The molecule has 0 N–H and O–H groups in total. The monoisotopic (exact) mass is 505 g/mol. The molecule has 1 fully saturated rings. The van der Waals surface area contributed by atoms with Crippen molar-refractivity contribution in [1.29, 1.82) is 0 Å². The van der Waals surface area contributed by atoms with Gasteiger partial charge in [-0.15, -0.1) is 0 Å². The van der Waals surface area contributed by atoms with Crippen LogP contribution in [0, 0.1) is 5.92 Å². The Labute approximate surface area is 220 Å². The number of rotatable bonds is 5. The van der Waals surface area contributed by atoms with Gasteiger partial charge in [0, 0.05) is 42.8 Å². The minimum atomic E-state index is -0.181. The maximum Gasteiger partial charge on any atom is 0.286 e. The van der Waals surface area contributed by atoms with Crippen molar-refractivity contribution in [3.63, 3.8) is 0 Å². The third-order valence-corrected chi connectivity index (χ3v) is 7.91. The van der Waals surface area contributed by atoms with Gasteiger partial charge in [-0.25, -0.2) is 4.68 Å². The lowest BCUT2D eigenvalue weighted by molar-refractivity contribution is -0.113. The van der Waals surface area contributed by atoms with Gasteiger partial charge in [-0.3, -0.25) is 9.78 Å². The van der Waals surface area contributed by atoms with E-state index in [-0.39, 0.29) is 5.91 Å². The molecule has 4 heterocycles. The van der Waals surface area contributed by atoms with Crippen molar-refractivity contribution in [1.82, 2.24) is 19.7 Å². The molecule has 37 heavy (non-hydrogen) atoms. The Kier molecular flexibility index (Phi) is 6.69. The second-order valence-corrected chi connectivity index (χ2v) is 10.4. The highest BCUT2D eigenvalue weighted by Crippen LogP contribution is 2.34. The van der Waals surface area contributed by atoms with Gasteiger partial charge in [0.1, 0.15) is 5.69 Å². The molecule has 0 unspecified atom stereocenters. The molecule has 0 atom stereocenters. The quantitative estimate of drug-likeness (QED) is 0.318. The van der Waals surface area contributed by atoms with Crippen molar-refractivity contribution in [3.05, 3.63) is 107 Å². The number of piperidine rings is 1. The Bertz CT molecular complexity index is 1440. The molecular weight excluding hydrogens is 478 g/mol. The van der Waals surface area contributed by atoms with E-state index in [1.165, 1.54) is 17.3 Å². The second-order valence-electron chi connectivity index (χ2n) is 9.38. The molecule has 6 nitrogen and oxygen atoms in total. The molecule has 2 aliphatic rings.